The molecule has 2 aromatic rings. The van der Waals surface area contributed by atoms with E-state index >= 15 is 0 Å². The van der Waals surface area contributed by atoms with Crippen LogP contribution in [0.4, 0.5) is 0 Å². The average Bonchev–Trinajstić information content (AvgIpc) is 3.30. The maximum absolute atomic E-state index is 14.1. The Morgan fingerprint density at radius 1 is 0.875 bits per heavy atom. The minimum Gasteiger partial charge on any atom is -0.292 e. The van der Waals surface area contributed by atoms with Crippen LogP contribution in [0.25, 0.3) is 0 Å². The number of fused-ring (bicyclic) bond motifs is 5. The van der Waals surface area contributed by atoms with E-state index in [9.17, 15) is 19.2 Å². The van der Waals surface area contributed by atoms with E-state index in [4.69, 9.17) is 92.8 Å². The van der Waals surface area contributed by atoms with Crippen LogP contribution in [0.3, 0.4) is 0 Å². The summed E-state index contributed by atoms with van der Waals surface area (Å²) in [5.41, 5.74) is 0.120. The number of allylic oxidation sites excluding steroid dienone is 2. The van der Waals surface area contributed by atoms with Crippen LogP contribution >= 0.6 is 92.8 Å². The number of amides is 3. The highest BCUT2D eigenvalue weighted by atomic mass is 35.5. The number of hydrogen-bond acceptors (Lipinski definition) is 4. The number of Topliss-reactive ketones (excluding diaryl/α,β-unsaturated/α-hetero) is 1. The lowest BCUT2D eigenvalue weighted by molar-refractivity contribution is -0.157. The van der Waals surface area contributed by atoms with E-state index in [-0.39, 0.29) is 37.7 Å². The molecule has 0 spiro atoms. The van der Waals surface area contributed by atoms with Crippen LogP contribution in [0.1, 0.15) is 34.1 Å². The number of benzene rings is 2. The highest BCUT2D eigenvalue weighted by Gasteiger charge is 2.88. The third-order valence-corrected chi connectivity index (χ3v) is 12.3. The standard InChI is InChI=1S/C26H16Cl8N2O4/c1-2-15(18(37)11-6-4-3-5-7-11)35(21(38)13-9-8-12(27)10-14(13)28)36-22(39)16-17(23(36)40)25(32)20(30)19(29)24(16,31)26(25,33)34/h3-10,15-17H,2H2,1H3/t15-,16-,17-,24-,25-/m1/s1. The van der Waals surface area contributed by atoms with E-state index in [0.717, 1.165) is 5.01 Å². The summed E-state index contributed by atoms with van der Waals surface area (Å²) < 4.78 is -2.16. The zero-order valence-corrected chi connectivity index (χ0v) is 26.2. The Morgan fingerprint density at radius 2 is 1.40 bits per heavy atom. The van der Waals surface area contributed by atoms with Crippen LogP contribution in [0.15, 0.2) is 58.6 Å². The normalized spacial score (nSPS) is 29.2. The van der Waals surface area contributed by atoms with Gasteiger partial charge < -0.3 is 0 Å². The number of hydrazine groups is 1. The van der Waals surface area contributed by atoms with Crippen LogP contribution in [0.2, 0.25) is 10.0 Å². The number of carbonyl (C=O) groups excluding carboxylic acids is 4. The van der Waals surface area contributed by atoms with Crippen molar-refractivity contribution in [3.8, 4) is 0 Å². The maximum Gasteiger partial charge on any atom is 0.275 e. The molecule has 1 saturated carbocycles. The summed E-state index contributed by atoms with van der Waals surface area (Å²) in [5.74, 6) is -6.46. The predicted octanol–water partition coefficient (Wildman–Crippen LogP) is 7.46. The quantitative estimate of drug-likeness (QED) is 0.178. The van der Waals surface area contributed by atoms with Crippen LogP contribution in [-0.4, -0.2) is 53.6 Å². The highest BCUT2D eigenvalue weighted by molar-refractivity contribution is 6.66. The average molecular weight is 704 g/mol. The van der Waals surface area contributed by atoms with Crippen molar-refractivity contribution in [3.05, 3.63) is 79.8 Å². The summed E-state index contributed by atoms with van der Waals surface area (Å²) in [7, 11) is 0. The minimum atomic E-state index is -2.16. The van der Waals surface area contributed by atoms with Gasteiger partial charge in [0, 0.05) is 10.6 Å². The number of halogens is 8. The van der Waals surface area contributed by atoms with Crippen LogP contribution in [0, 0.1) is 11.8 Å². The van der Waals surface area contributed by atoms with Crippen molar-refractivity contribution in [1.29, 1.82) is 0 Å². The van der Waals surface area contributed by atoms with Gasteiger partial charge in [-0.3, -0.25) is 19.2 Å². The molecule has 0 radical (unpaired) electrons. The van der Waals surface area contributed by atoms with Crippen molar-refractivity contribution in [2.24, 2.45) is 11.8 Å². The van der Waals surface area contributed by atoms with Crippen molar-refractivity contribution in [3.63, 3.8) is 0 Å². The van der Waals surface area contributed by atoms with E-state index in [1.54, 1.807) is 37.3 Å². The lowest BCUT2D eigenvalue weighted by Crippen LogP contribution is -2.60. The van der Waals surface area contributed by atoms with Crippen molar-refractivity contribution in [1.82, 2.24) is 10.0 Å². The number of nitrogens with zero attached hydrogens (tertiary/aromatic N) is 2. The van der Waals surface area contributed by atoms with E-state index in [1.165, 1.54) is 18.2 Å². The summed E-state index contributed by atoms with van der Waals surface area (Å²) in [6, 6.07) is 10.8. The number of ketones is 1. The molecule has 40 heavy (non-hydrogen) atoms. The van der Waals surface area contributed by atoms with Gasteiger partial charge >= 0.3 is 0 Å². The summed E-state index contributed by atoms with van der Waals surface area (Å²) in [4.78, 5) is 51.9. The Bertz CT molecular complexity index is 1470. The number of rotatable bonds is 6. The molecule has 5 atom stereocenters. The fourth-order valence-corrected chi connectivity index (χ4v) is 9.03. The fourth-order valence-electron chi connectivity index (χ4n) is 5.61. The van der Waals surface area contributed by atoms with Gasteiger partial charge in [0.1, 0.15) is 15.8 Å². The van der Waals surface area contributed by atoms with Crippen molar-refractivity contribution < 1.29 is 19.2 Å². The minimum absolute atomic E-state index is 0.00379. The number of imide groups is 1. The molecule has 3 aliphatic rings. The SMILES string of the molecule is CC[C@H](C(=O)c1ccccc1)N(C(=O)c1ccc(Cl)cc1Cl)N1C(=O)[C@H]2[C@H](C1=O)[C@@]1(Cl)C(Cl)=C(Cl)[C@@]2(Cl)C1(Cl)Cl. The molecule has 5 rings (SSSR count). The maximum atomic E-state index is 14.1. The molecule has 2 aromatic carbocycles. The Balaban J connectivity index is 1.68. The monoisotopic (exact) mass is 700 g/mol. The second-order valence-electron chi connectivity index (χ2n) is 9.50. The molecule has 14 heteroatoms. The van der Waals surface area contributed by atoms with Gasteiger partial charge in [-0.15, -0.1) is 23.2 Å². The predicted molar refractivity (Wildman–Crippen MR) is 157 cm³/mol. The van der Waals surface area contributed by atoms with Gasteiger partial charge in [0.25, 0.3) is 17.7 Å². The highest BCUT2D eigenvalue weighted by Crippen LogP contribution is 2.77. The van der Waals surface area contributed by atoms with E-state index in [2.05, 4.69) is 0 Å². The third kappa shape index (κ3) is 3.77. The number of carbonyl (C=O) groups is 4. The molecule has 0 unspecified atom stereocenters. The molecule has 0 aromatic heterocycles. The van der Waals surface area contributed by atoms with Crippen LogP contribution < -0.4 is 0 Å². The van der Waals surface area contributed by atoms with Crippen molar-refractivity contribution in [2.75, 3.05) is 0 Å². The van der Waals surface area contributed by atoms with Gasteiger partial charge in [0.05, 0.1) is 32.5 Å². The molecular formula is C26H16Cl8N2O4. The van der Waals surface area contributed by atoms with Gasteiger partial charge in [0.2, 0.25) is 0 Å². The summed E-state index contributed by atoms with van der Waals surface area (Å²) in [6.45, 7) is 1.62. The molecule has 2 fully saturated rings. The van der Waals surface area contributed by atoms with Crippen molar-refractivity contribution in [2.45, 2.75) is 33.5 Å². The van der Waals surface area contributed by atoms with Crippen LogP contribution in [-0.2, 0) is 9.59 Å². The largest absolute Gasteiger partial charge is 0.292 e. The molecule has 0 N–H and O–H groups in total. The van der Waals surface area contributed by atoms with Gasteiger partial charge in [-0.25, -0.2) is 5.01 Å². The van der Waals surface area contributed by atoms with E-state index in [1.807, 2.05) is 0 Å². The van der Waals surface area contributed by atoms with Gasteiger partial charge in [-0.05, 0) is 24.6 Å². The lowest BCUT2D eigenvalue weighted by Gasteiger charge is -2.39. The topological polar surface area (TPSA) is 74.8 Å². The summed E-state index contributed by atoms with van der Waals surface area (Å²) in [6.07, 6.45) is 0.00379. The molecule has 6 nitrogen and oxygen atoms in total. The molecule has 3 amide bonds. The first-order valence-corrected chi connectivity index (χ1v) is 14.8. The third-order valence-electron chi connectivity index (χ3n) is 7.51. The Morgan fingerprint density at radius 3 is 1.88 bits per heavy atom. The summed E-state index contributed by atoms with van der Waals surface area (Å²) in [5, 5.41) is 0.939. The fraction of sp³-hybridized carbons (Fsp3) is 0.308. The Kier molecular flexibility index (Phi) is 7.71. The van der Waals surface area contributed by atoms with Gasteiger partial charge in [-0.1, -0.05) is 107 Å². The number of hydrogen-bond donors (Lipinski definition) is 0. The smallest absolute Gasteiger partial charge is 0.275 e. The Labute approximate surface area is 268 Å². The van der Waals surface area contributed by atoms with Crippen molar-refractivity contribution >= 4 is 116 Å². The van der Waals surface area contributed by atoms with E-state index < -0.39 is 55.5 Å². The molecule has 1 saturated heterocycles. The summed E-state index contributed by atoms with van der Waals surface area (Å²) >= 11 is 52.0. The molecule has 1 heterocycles. The molecule has 2 bridgehead atoms. The first-order valence-electron chi connectivity index (χ1n) is 11.7. The van der Waals surface area contributed by atoms with E-state index in [0.29, 0.717) is 5.01 Å². The lowest BCUT2D eigenvalue weighted by atomic mass is 9.84. The zero-order chi connectivity index (χ0) is 29.5. The van der Waals surface area contributed by atoms with Gasteiger partial charge in [0.15, 0.2) is 10.1 Å². The number of alkyl halides is 4. The van der Waals surface area contributed by atoms with Gasteiger partial charge in [-0.2, -0.15) is 5.01 Å². The first kappa shape index (κ1) is 30.2. The second kappa shape index (κ2) is 10.2. The molecule has 210 valence electrons. The van der Waals surface area contributed by atoms with Crippen LogP contribution in [0.5, 0.6) is 0 Å². The molecule has 2 aliphatic carbocycles. The molecular weight excluding hydrogens is 688 g/mol. The first-order chi connectivity index (χ1) is 18.7. The Hall–Kier alpha value is -1.22. The molecule has 1 aliphatic heterocycles. The second-order valence-corrected chi connectivity index (χ2v) is 13.6. The zero-order valence-electron chi connectivity index (χ0n) is 20.1.